The van der Waals surface area contributed by atoms with Crippen molar-refractivity contribution in [3.8, 4) is 5.75 Å². The summed E-state index contributed by atoms with van der Waals surface area (Å²) in [5, 5.41) is 3.60. The normalized spacial score (nSPS) is 14.7. The van der Waals surface area contributed by atoms with Gasteiger partial charge in [0.2, 0.25) is 5.91 Å². The van der Waals surface area contributed by atoms with Crippen LogP contribution in [0, 0.1) is 0 Å². The van der Waals surface area contributed by atoms with Gasteiger partial charge in [0, 0.05) is 36.1 Å². The fourth-order valence-corrected chi connectivity index (χ4v) is 3.77. The Bertz CT molecular complexity index is 905. The van der Waals surface area contributed by atoms with Crippen LogP contribution in [-0.4, -0.2) is 28.0 Å². The number of hydrogen-bond donors (Lipinski definition) is 1. The van der Waals surface area contributed by atoms with Crippen LogP contribution in [0.25, 0.3) is 0 Å². The van der Waals surface area contributed by atoms with Crippen molar-refractivity contribution in [3.05, 3.63) is 65.2 Å². The molecule has 26 heavy (non-hydrogen) atoms. The highest BCUT2D eigenvalue weighted by Gasteiger charge is 2.51. The number of nitrogens with zero attached hydrogens (tertiary/aromatic N) is 3. The Labute approximate surface area is 155 Å². The summed E-state index contributed by atoms with van der Waals surface area (Å²) in [7, 11) is 1.63. The molecule has 0 atom stereocenters. The first-order valence-electron chi connectivity index (χ1n) is 8.35. The quantitative estimate of drug-likeness (QED) is 0.725. The molecule has 1 aliphatic carbocycles. The van der Waals surface area contributed by atoms with E-state index in [4.69, 9.17) is 4.74 Å². The van der Waals surface area contributed by atoms with E-state index in [0.717, 1.165) is 34.7 Å². The van der Waals surface area contributed by atoms with Crippen molar-refractivity contribution in [1.29, 1.82) is 0 Å². The maximum atomic E-state index is 12.8. The number of nitrogens with one attached hydrogen (secondary N) is 1. The number of carbonyl (C=O) groups is 1. The molecule has 6 nitrogen and oxygen atoms in total. The van der Waals surface area contributed by atoms with E-state index in [1.54, 1.807) is 31.9 Å². The number of anilines is 1. The van der Waals surface area contributed by atoms with Gasteiger partial charge >= 0.3 is 0 Å². The third-order valence-electron chi connectivity index (χ3n) is 4.57. The molecule has 1 saturated carbocycles. The Hall–Kier alpha value is -2.80. The Balaban J connectivity index is 1.44. The van der Waals surface area contributed by atoms with E-state index in [-0.39, 0.29) is 5.91 Å². The van der Waals surface area contributed by atoms with E-state index in [9.17, 15) is 4.79 Å². The van der Waals surface area contributed by atoms with Crippen LogP contribution in [0.2, 0.25) is 0 Å². The van der Waals surface area contributed by atoms with Crippen LogP contribution in [0.5, 0.6) is 5.75 Å². The van der Waals surface area contributed by atoms with E-state index in [2.05, 4.69) is 20.3 Å². The predicted octanol–water partition coefficient (Wildman–Crippen LogP) is 3.20. The van der Waals surface area contributed by atoms with Crippen LogP contribution in [0.1, 0.15) is 29.0 Å². The summed E-state index contributed by atoms with van der Waals surface area (Å²) in [6, 6.07) is 7.72. The summed E-state index contributed by atoms with van der Waals surface area (Å²) < 4.78 is 5.19. The van der Waals surface area contributed by atoms with Gasteiger partial charge in [0.15, 0.2) is 5.13 Å². The summed E-state index contributed by atoms with van der Waals surface area (Å²) in [4.78, 5) is 26.5. The Morgan fingerprint density at radius 2 is 2.00 bits per heavy atom. The van der Waals surface area contributed by atoms with Gasteiger partial charge in [-0.2, -0.15) is 0 Å². The Morgan fingerprint density at radius 3 is 2.65 bits per heavy atom. The summed E-state index contributed by atoms with van der Waals surface area (Å²) in [5.74, 6) is 0.793. The molecule has 1 aliphatic rings. The van der Waals surface area contributed by atoms with Crippen molar-refractivity contribution in [2.75, 3.05) is 12.4 Å². The molecular formula is C19H18N4O2S. The van der Waals surface area contributed by atoms with Gasteiger partial charge in [-0.15, -0.1) is 11.3 Å². The maximum Gasteiger partial charge on any atom is 0.236 e. The molecule has 0 aliphatic heterocycles. The molecule has 132 valence electrons. The van der Waals surface area contributed by atoms with Gasteiger partial charge in [-0.1, -0.05) is 12.1 Å². The van der Waals surface area contributed by atoms with Crippen LogP contribution in [0.4, 0.5) is 5.13 Å². The first kappa shape index (κ1) is 16.7. The fourth-order valence-electron chi connectivity index (χ4n) is 2.95. The molecule has 1 N–H and O–H groups in total. The van der Waals surface area contributed by atoms with Crippen molar-refractivity contribution >= 4 is 22.4 Å². The van der Waals surface area contributed by atoms with Gasteiger partial charge in [0.1, 0.15) is 5.75 Å². The van der Waals surface area contributed by atoms with Crippen LogP contribution in [0.15, 0.2) is 49.1 Å². The van der Waals surface area contributed by atoms with Crippen molar-refractivity contribution < 1.29 is 9.53 Å². The number of hydrogen-bond acceptors (Lipinski definition) is 6. The van der Waals surface area contributed by atoms with E-state index >= 15 is 0 Å². The Kier molecular flexibility index (Phi) is 4.38. The zero-order valence-electron chi connectivity index (χ0n) is 14.3. The number of ether oxygens (including phenoxy) is 1. The highest BCUT2D eigenvalue weighted by molar-refractivity contribution is 7.15. The smallest absolute Gasteiger partial charge is 0.236 e. The number of amides is 1. The molecule has 0 unspecified atom stereocenters. The molecule has 0 saturated heterocycles. The minimum absolute atomic E-state index is 0.00284. The maximum absolute atomic E-state index is 12.8. The van der Waals surface area contributed by atoms with E-state index in [0.29, 0.717) is 11.6 Å². The van der Waals surface area contributed by atoms with Crippen LogP contribution < -0.4 is 10.1 Å². The summed E-state index contributed by atoms with van der Waals surface area (Å²) >= 11 is 1.47. The minimum atomic E-state index is -0.441. The van der Waals surface area contributed by atoms with Crippen molar-refractivity contribution in [1.82, 2.24) is 15.0 Å². The SMILES string of the molecule is COc1ccc(C2(C(=O)Nc3ncc(Cc4cnccn4)s3)CC2)cc1. The van der Waals surface area contributed by atoms with E-state index in [1.165, 1.54) is 11.3 Å². The number of carbonyl (C=O) groups excluding carboxylic acids is 1. The lowest BCUT2D eigenvalue weighted by molar-refractivity contribution is -0.118. The fraction of sp³-hybridized carbons (Fsp3) is 0.263. The second kappa shape index (κ2) is 6.84. The monoisotopic (exact) mass is 366 g/mol. The van der Waals surface area contributed by atoms with E-state index < -0.39 is 5.41 Å². The van der Waals surface area contributed by atoms with Crippen LogP contribution >= 0.6 is 11.3 Å². The van der Waals surface area contributed by atoms with Crippen molar-refractivity contribution in [2.24, 2.45) is 0 Å². The van der Waals surface area contributed by atoms with Gasteiger partial charge in [0.25, 0.3) is 0 Å². The van der Waals surface area contributed by atoms with Gasteiger partial charge in [-0.25, -0.2) is 4.98 Å². The van der Waals surface area contributed by atoms with Crippen molar-refractivity contribution in [3.63, 3.8) is 0 Å². The zero-order chi connectivity index (χ0) is 18.0. The highest BCUT2D eigenvalue weighted by Crippen LogP contribution is 2.49. The molecule has 1 fully saturated rings. The molecule has 2 heterocycles. The molecule has 0 spiro atoms. The third kappa shape index (κ3) is 3.30. The third-order valence-corrected chi connectivity index (χ3v) is 5.49. The lowest BCUT2D eigenvalue weighted by Gasteiger charge is -2.15. The second-order valence-electron chi connectivity index (χ2n) is 6.27. The molecule has 1 aromatic carbocycles. The lowest BCUT2D eigenvalue weighted by atomic mass is 9.95. The van der Waals surface area contributed by atoms with Gasteiger partial charge in [-0.3, -0.25) is 14.8 Å². The van der Waals surface area contributed by atoms with E-state index in [1.807, 2.05) is 24.3 Å². The first-order chi connectivity index (χ1) is 12.7. The molecule has 2 aromatic heterocycles. The Morgan fingerprint density at radius 1 is 1.19 bits per heavy atom. The topological polar surface area (TPSA) is 77.0 Å². The molecular weight excluding hydrogens is 348 g/mol. The molecule has 0 radical (unpaired) electrons. The molecule has 0 bridgehead atoms. The molecule has 1 amide bonds. The molecule has 4 rings (SSSR count). The number of benzene rings is 1. The number of methoxy groups -OCH3 is 1. The largest absolute Gasteiger partial charge is 0.497 e. The number of thiazole rings is 1. The zero-order valence-corrected chi connectivity index (χ0v) is 15.1. The highest BCUT2D eigenvalue weighted by atomic mass is 32.1. The van der Waals surface area contributed by atoms with Crippen LogP contribution in [-0.2, 0) is 16.6 Å². The van der Waals surface area contributed by atoms with Crippen molar-refractivity contribution in [2.45, 2.75) is 24.7 Å². The predicted molar refractivity (Wildman–Crippen MR) is 99.5 cm³/mol. The number of rotatable bonds is 6. The second-order valence-corrected chi connectivity index (χ2v) is 7.39. The standard InChI is InChI=1S/C19H18N4O2S/c1-25-15-4-2-13(3-5-15)19(6-7-19)17(24)23-18-22-12-16(26-18)10-14-11-20-8-9-21-14/h2-5,8-9,11-12H,6-7,10H2,1H3,(H,22,23,24). The van der Waals surface area contributed by atoms with Gasteiger partial charge in [0.05, 0.1) is 18.2 Å². The average molecular weight is 366 g/mol. The van der Waals surface area contributed by atoms with Gasteiger partial charge < -0.3 is 10.1 Å². The summed E-state index contributed by atoms with van der Waals surface area (Å²) in [6.07, 6.45) is 9.20. The summed E-state index contributed by atoms with van der Waals surface area (Å²) in [5.41, 5.74) is 1.46. The molecule has 3 aromatic rings. The summed E-state index contributed by atoms with van der Waals surface area (Å²) in [6.45, 7) is 0. The first-order valence-corrected chi connectivity index (χ1v) is 9.17. The molecule has 7 heteroatoms. The average Bonchev–Trinajstić information content (AvgIpc) is 3.39. The lowest BCUT2D eigenvalue weighted by Crippen LogP contribution is -2.27. The van der Waals surface area contributed by atoms with Gasteiger partial charge in [-0.05, 0) is 30.5 Å². The minimum Gasteiger partial charge on any atom is -0.497 e. The van der Waals surface area contributed by atoms with Crippen LogP contribution in [0.3, 0.4) is 0 Å². The number of aromatic nitrogens is 3.